The molecule has 2 atom stereocenters. The molecule has 28 heavy (non-hydrogen) atoms. The Morgan fingerprint density at radius 2 is 1.79 bits per heavy atom. The molecule has 0 saturated carbocycles. The zero-order valence-corrected chi connectivity index (χ0v) is 17.1. The highest BCUT2D eigenvalue weighted by atomic mass is 32.2. The summed E-state index contributed by atoms with van der Waals surface area (Å²) in [4.78, 5) is 17.1. The zero-order chi connectivity index (χ0) is 19.0. The summed E-state index contributed by atoms with van der Waals surface area (Å²) in [5.41, 5.74) is 2.80. The Hall–Kier alpha value is -1.78. The molecule has 3 heterocycles. The molecule has 3 nitrogen and oxygen atoms in total. The minimum Gasteiger partial charge on any atom is -0.342 e. The molecule has 4 heteroatoms. The number of piperidine rings is 1. The molecule has 0 aromatic heterocycles. The van der Waals surface area contributed by atoms with Crippen molar-refractivity contribution >= 4 is 17.7 Å². The number of likely N-dealkylation sites (tertiary alicyclic amines) is 1. The highest BCUT2D eigenvalue weighted by Crippen LogP contribution is 2.48. The Bertz CT molecular complexity index is 847. The van der Waals surface area contributed by atoms with Gasteiger partial charge < -0.3 is 10.2 Å². The number of hydrogen-bond acceptors (Lipinski definition) is 3. The van der Waals surface area contributed by atoms with Crippen LogP contribution in [0.2, 0.25) is 0 Å². The van der Waals surface area contributed by atoms with Crippen LogP contribution < -0.4 is 5.32 Å². The molecule has 3 aliphatic heterocycles. The molecule has 0 aliphatic carbocycles. The average Bonchev–Trinajstić information content (AvgIpc) is 3.18. The molecular formula is C24H28N2OS. The van der Waals surface area contributed by atoms with Crippen molar-refractivity contribution < 1.29 is 4.79 Å². The average molecular weight is 393 g/mol. The summed E-state index contributed by atoms with van der Waals surface area (Å²) in [7, 11) is 0. The van der Waals surface area contributed by atoms with Crippen molar-refractivity contribution in [3.05, 3.63) is 65.7 Å². The van der Waals surface area contributed by atoms with Gasteiger partial charge in [0.15, 0.2) is 0 Å². The minimum atomic E-state index is -0.0186. The lowest BCUT2D eigenvalue weighted by Gasteiger charge is -2.42. The SMILES string of the molecule is O=C(C1CNC[C@]12CCSc1ccccc12)N1CCC(c2ccccc2)CC1. The Labute approximate surface area is 171 Å². The first-order valence-corrected chi connectivity index (χ1v) is 11.5. The van der Waals surface area contributed by atoms with E-state index in [0.717, 1.165) is 51.2 Å². The van der Waals surface area contributed by atoms with E-state index in [1.807, 2.05) is 11.8 Å². The number of hydrogen-bond donors (Lipinski definition) is 1. The molecule has 0 bridgehead atoms. The first-order chi connectivity index (χ1) is 13.8. The summed E-state index contributed by atoms with van der Waals surface area (Å²) in [6, 6.07) is 19.5. The quantitative estimate of drug-likeness (QED) is 0.837. The van der Waals surface area contributed by atoms with Gasteiger partial charge in [-0.1, -0.05) is 48.5 Å². The minimum absolute atomic E-state index is 0.0186. The summed E-state index contributed by atoms with van der Waals surface area (Å²) in [6.45, 7) is 3.53. The van der Waals surface area contributed by atoms with E-state index in [1.165, 1.54) is 16.0 Å². The summed E-state index contributed by atoms with van der Waals surface area (Å²) in [6.07, 6.45) is 3.25. The van der Waals surface area contributed by atoms with Crippen LogP contribution in [-0.4, -0.2) is 42.7 Å². The largest absolute Gasteiger partial charge is 0.342 e. The van der Waals surface area contributed by atoms with Crippen LogP contribution in [0.3, 0.4) is 0 Å². The standard InChI is InChI=1S/C24H28N2OS/c27-23(26-13-10-19(11-14-26)18-6-2-1-3-7-18)21-16-25-17-24(21)12-15-28-22-9-5-4-8-20(22)24/h1-9,19,21,25H,10-17H2/t21?,24-/m0/s1. The van der Waals surface area contributed by atoms with Crippen molar-refractivity contribution in [2.24, 2.45) is 5.92 Å². The van der Waals surface area contributed by atoms with E-state index in [9.17, 15) is 4.79 Å². The van der Waals surface area contributed by atoms with Crippen molar-refractivity contribution in [2.75, 3.05) is 31.9 Å². The second kappa shape index (κ2) is 7.57. The van der Waals surface area contributed by atoms with Gasteiger partial charge in [-0.2, -0.15) is 0 Å². The van der Waals surface area contributed by atoms with Crippen LogP contribution in [0.4, 0.5) is 0 Å². The molecule has 1 unspecified atom stereocenters. The molecule has 3 aliphatic rings. The van der Waals surface area contributed by atoms with Crippen LogP contribution in [0.25, 0.3) is 0 Å². The maximum atomic E-state index is 13.6. The van der Waals surface area contributed by atoms with E-state index in [4.69, 9.17) is 0 Å². The first-order valence-electron chi connectivity index (χ1n) is 10.5. The maximum Gasteiger partial charge on any atom is 0.227 e. The normalized spacial score (nSPS) is 27.7. The first kappa shape index (κ1) is 18.3. The van der Waals surface area contributed by atoms with Crippen molar-refractivity contribution in [3.63, 3.8) is 0 Å². The molecule has 0 radical (unpaired) electrons. The predicted molar refractivity (Wildman–Crippen MR) is 115 cm³/mol. The molecule has 5 rings (SSSR count). The fourth-order valence-electron chi connectivity index (χ4n) is 5.49. The summed E-state index contributed by atoms with van der Waals surface area (Å²) in [5, 5.41) is 3.57. The van der Waals surface area contributed by atoms with E-state index in [-0.39, 0.29) is 11.3 Å². The van der Waals surface area contributed by atoms with Gasteiger partial charge in [0.25, 0.3) is 0 Å². The van der Waals surface area contributed by atoms with Gasteiger partial charge in [0.05, 0.1) is 5.92 Å². The number of carbonyl (C=O) groups excluding carboxylic acids is 1. The lowest BCUT2D eigenvalue weighted by molar-refractivity contribution is -0.138. The van der Waals surface area contributed by atoms with E-state index >= 15 is 0 Å². The predicted octanol–water partition coefficient (Wildman–Crippen LogP) is 4.05. The number of carbonyl (C=O) groups is 1. The number of nitrogens with zero attached hydrogens (tertiary/aromatic N) is 1. The van der Waals surface area contributed by atoms with E-state index in [0.29, 0.717) is 11.8 Å². The van der Waals surface area contributed by atoms with Crippen LogP contribution in [0.5, 0.6) is 0 Å². The lowest BCUT2D eigenvalue weighted by Crippen LogP contribution is -2.49. The number of benzene rings is 2. The van der Waals surface area contributed by atoms with Gasteiger partial charge in [0, 0.05) is 36.5 Å². The van der Waals surface area contributed by atoms with Crippen LogP contribution in [0.15, 0.2) is 59.5 Å². The number of thioether (sulfide) groups is 1. The fraction of sp³-hybridized carbons (Fsp3) is 0.458. The molecule has 2 saturated heterocycles. The van der Waals surface area contributed by atoms with Gasteiger partial charge in [0.1, 0.15) is 0 Å². The third-order valence-electron chi connectivity index (χ3n) is 7.06. The fourth-order valence-corrected chi connectivity index (χ4v) is 6.78. The Kier molecular flexibility index (Phi) is 4.93. The van der Waals surface area contributed by atoms with Gasteiger partial charge in [-0.3, -0.25) is 4.79 Å². The molecule has 2 aromatic carbocycles. The topological polar surface area (TPSA) is 32.3 Å². The second-order valence-corrected chi connectivity index (χ2v) is 9.58. The van der Waals surface area contributed by atoms with Crippen LogP contribution >= 0.6 is 11.8 Å². The molecular weight excluding hydrogens is 364 g/mol. The second-order valence-electron chi connectivity index (χ2n) is 8.44. The summed E-state index contributed by atoms with van der Waals surface area (Å²) >= 11 is 1.94. The van der Waals surface area contributed by atoms with E-state index < -0.39 is 0 Å². The van der Waals surface area contributed by atoms with Gasteiger partial charge in [0.2, 0.25) is 5.91 Å². The van der Waals surface area contributed by atoms with Crippen LogP contribution in [0, 0.1) is 5.92 Å². The third-order valence-corrected chi connectivity index (χ3v) is 8.14. The smallest absolute Gasteiger partial charge is 0.227 e. The van der Waals surface area contributed by atoms with Gasteiger partial charge >= 0.3 is 0 Å². The Balaban J connectivity index is 1.34. The Morgan fingerprint density at radius 1 is 1.04 bits per heavy atom. The van der Waals surface area contributed by atoms with Gasteiger partial charge in [-0.25, -0.2) is 0 Å². The number of amides is 1. The van der Waals surface area contributed by atoms with Gasteiger partial charge in [-0.05, 0) is 48.1 Å². The maximum absolute atomic E-state index is 13.6. The van der Waals surface area contributed by atoms with Crippen LogP contribution in [0.1, 0.15) is 36.3 Å². The van der Waals surface area contributed by atoms with E-state index in [1.54, 1.807) is 0 Å². The molecule has 1 spiro atoms. The lowest BCUT2D eigenvalue weighted by atomic mass is 9.69. The number of nitrogens with one attached hydrogen (secondary N) is 1. The molecule has 2 aromatic rings. The molecule has 1 N–H and O–H groups in total. The number of fused-ring (bicyclic) bond motifs is 2. The third kappa shape index (κ3) is 3.07. The molecule has 146 valence electrons. The molecule has 1 amide bonds. The monoisotopic (exact) mass is 392 g/mol. The van der Waals surface area contributed by atoms with Crippen molar-refractivity contribution in [2.45, 2.75) is 35.5 Å². The van der Waals surface area contributed by atoms with Crippen molar-refractivity contribution in [1.29, 1.82) is 0 Å². The molecule has 2 fully saturated rings. The van der Waals surface area contributed by atoms with Crippen molar-refractivity contribution in [3.8, 4) is 0 Å². The highest BCUT2D eigenvalue weighted by molar-refractivity contribution is 7.99. The number of rotatable bonds is 2. The van der Waals surface area contributed by atoms with Crippen molar-refractivity contribution in [1.82, 2.24) is 10.2 Å². The summed E-state index contributed by atoms with van der Waals surface area (Å²) in [5.74, 6) is 2.15. The van der Waals surface area contributed by atoms with Gasteiger partial charge in [-0.15, -0.1) is 11.8 Å². The van der Waals surface area contributed by atoms with E-state index in [2.05, 4.69) is 64.8 Å². The highest BCUT2D eigenvalue weighted by Gasteiger charge is 2.51. The van der Waals surface area contributed by atoms with Crippen LogP contribution in [-0.2, 0) is 10.2 Å². The zero-order valence-electron chi connectivity index (χ0n) is 16.3. The Morgan fingerprint density at radius 3 is 2.61 bits per heavy atom. The summed E-state index contributed by atoms with van der Waals surface area (Å²) < 4.78 is 0.